The van der Waals surface area contributed by atoms with Gasteiger partial charge in [-0.15, -0.1) is 5.10 Å². The number of thioether (sulfide) groups is 1. The largest absolute Gasteiger partial charge is 0.490 e. The van der Waals surface area contributed by atoms with Crippen molar-refractivity contribution in [3.63, 3.8) is 0 Å². The first kappa shape index (κ1) is 22.7. The summed E-state index contributed by atoms with van der Waals surface area (Å²) >= 11 is 0.774. The lowest BCUT2D eigenvalue weighted by atomic mass is 10.1. The van der Waals surface area contributed by atoms with Crippen molar-refractivity contribution in [2.45, 2.75) is 6.92 Å². The highest BCUT2D eigenvalue weighted by Crippen LogP contribution is 2.30. The second kappa shape index (κ2) is 9.59. The zero-order valence-electron chi connectivity index (χ0n) is 17.6. The number of sulfone groups is 1. The van der Waals surface area contributed by atoms with E-state index in [-0.39, 0.29) is 26.7 Å². The molecule has 11 heteroatoms. The second-order valence-corrected chi connectivity index (χ2v) is 10.3. The number of benzene rings is 2. The van der Waals surface area contributed by atoms with Crippen LogP contribution in [0.15, 0.2) is 70.3 Å². The predicted octanol–water partition coefficient (Wildman–Crippen LogP) is 3.16. The summed E-state index contributed by atoms with van der Waals surface area (Å²) in [4.78, 5) is 16.4. The number of fused-ring (bicyclic) bond motifs is 1. The molecular weight excluding hydrogens is 464 g/mol. The van der Waals surface area contributed by atoms with Crippen LogP contribution in [0.2, 0.25) is 0 Å². The first-order valence-electron chi connectivity index (χ1n) is 10.0. The molecule has 0 aromatic heterocycles. The minimum Gasteiger partial charge on any atom is -0.490 e. The van der Waals surface area contributed by atoms with E-state index in [1.165, 1.54) is 13.0 Å². The highest BCUT2D eigenvalue weighted by molar-refractivity contribution is 8.42. The van der Waals surface area contributed by atoms with E-state index in [2.05, 4.69) is 10.1 Å². The number of carbonyl (C=O) groups is 1. The van der Waals surface area contributed by atoms with E-state index in [0.29, 0.717) is 24.5 Å². The van der Waals surface area contributed by atoms with E-state index in [4.69, 9.17) is 14.9 Å². The van der Waals surface area contributed by atoms with Gasteiger partial charge in [0, 0.05) is 0 Å². The molecule has 9 nitrogen and oxygen atoms in total. The Balaban J connectivity index is 1.40. The Morgan fingerprint density at radius 2 is 1.67 bits per heavy atom. The summed E-state index contributed by atoms with van der Waals surface area (Å²) in [6.07, 6.45) is 1.51. The van der Waals surface area contributed by atoms with E-state index in [9.17, 15) is 13.2 Å². The number of nitrogens with one attached hydrogen (secondary N) is 1. The van der Waals surface area contributed by atoms with Gasteiger partial charge in [0.25, 0.3) is 5.91 Å². The van der Waals surface area contributed by atoms with E-state index < -0.39 is 15.7 Å². The Morgan fingerprint density at radius 1 is 1.03 bits per heavy atom. The standard InChI is InChI=1S/C22H20N4O5S2/c1-2-33(28,29)22-25-26-19(23)18(20(27)24-21(26)32-22)14-15-8-10-17(11-9-15)31-13-12-30-16-6-4-3-5-7-16/h3-11,14,23H,2,12-13H2,1H3/b18-14-,23-19?. The molecule has 2 heterocycles. The van der Waals surface area contributed by atoms with E-state index in [0.717, 1.165) is 22.5 Å². The lowest BCUT2D eigenvalue weighted by Gasteiger charge is -2.20. The van der Waals surface area contributed by atoms with Crippen molar-refractivity contribution in [1.29, 1.82) is 5.41 Å². The van der Waals surface area contributed by atoms with Crippen LogP contribution in [-0.2, 0) is 14.6 Å². The minimum absolute atomic E-state index is 0.0168. The van der Waals surface area contributed by atoms with Crippen molar-refractivity contribution >= 4 is 49.0 Å². The molecule has 0 radical (unpaired) electrons. The normalized spacial score (nSPS) is 17.0. The second-order valence-electron chi connectivity index (χ2n) is 6.87. The van der Waals surface area contributed by atoms with Gasteiger partial charge < -0.3 is 9.47 Å². The molecule has 170 valence electrons. The number of hydrogen-bond donors (Lipinski definition) is 1. The third-order valence-electron chi connectivity index (χ3n) is 4.64. The Labute approximate surface area is 195 Å². The maximum atomic E-state index is 12.5. The van der Waals surface area contributed by atoms with Crippen LogP contribution in [0.5, 0.6) is 11.5 Å². The number of ether oxygens (including phenoxy) is 2. The quantitative estimate of drug-likeness (QED) is 0.473. The highest BCUT2D eigenvalue weighted by Gasteiger charge is 2.39. The SMILES string of the molecule is CCS(=O)(=O)C1=NN2C(=N)/C(=C/c3ccc(OCCOc4ccccc4)cc3)C(=O)N=C2S1. The predicted molar refractivity (Wildman–Crippen MR) is 128 cm³/mol. The molecule has 0 spiro atoms. The third kappa shape index (κ3) is 5.15. The van der Waals surface area contributed by atoms with E-state index >= 15 is 0 Å². The molecule has 2 aromatic carbocycles. The third-order valence-corrected chi connectivity index (χ3v) is 7.73. The van der Waals surface area contributed by atoms with Gasteiger partial charge in [0.15, 0.2) is 5.84 Å². The molecule has 2 aliphatic rings. The fourth-order valence-electron chi connectivity index (χ4n) is 2.89. The molecule has 1 amide bonds. The zero-order chi connectivity index (χ0) is 23.4. The molecule has 0 atom stereocenters. The molecule has 1 N–H and O–H groups in total. The maximum absolute atomic E-state index is 12.5. The number of carbonyl (C=O) groups excluding carboxylic acids is 1. The summed E-state index contributed by atoms with van der Waals surface area (Å²) < 4.78 is 35.2. The van der Waals surface area contributed by atoms with Gasteiger partial charge in [-0.1, -0.05) is 37.3 Å². The Kier molecular flexibility index (Phi) is 6.61. The molecule has 4 rings (SSSR count). The highest BCUT2D eigenvalue weighted by atomic mass is 32.3. The number of hydrazone groups is 1. The molecule has 33 heavy (non-hydrogen) atoms. The van der Waals surface area contributed by atoms with Gasteiger partial charge in [0.2, 0.25) is 19.4 Å². The van der Waals surface area contributed by atoms with Crippen molar-refractivity contribution in [1.82, 2.24) is 5.01 Å². The van der Waals surface area contributed by atoms with Crippen LogP contribution in [0.25, 0.3) is 6.08 Å². The van der Waals surface area contributed by atoms with E-state index in [1.54, 1.807) is 24.3 Å². The number of aliphatic imine (C=N–C) groups is 1. The van der Waals surface area contributed by atoms with Gasteiger partial charge >= 0.3 is 0 Å². The lowest BCUT2D eigenvalue weighted by molar-refractivity contribution is -0.114. The average molecular weight is 485 g/mol. The van der Waals surface area contributed by atoms with Crippen molar-refractivity contribution in [2.24, 2.45) is 10.1 Å². The number of hydrogen-bond acceptors (Lipinski definition) is 8. The van der Waals surface area contributed by atoms with Gasteiger partial charge in [0.1, 0.15) is 24.7 Å². The number of amides is 1. The van der Waals surface area contributed by atoms with Crippen LogP contribution < -0.4 is 9.47 Å². The minimum atomic E-state index is -3.56. The first-order valence-corrected chi connectivity index (χ1v) is 12.5. The summed E-state index contributed by atoms with van der Waals surface area (Å²) in [5.41, 5.74) is 0.676. The van der Waals surface area contributed by atoms with E-state index in [1.807, 2.05) is 30.3 Å². The molecule has 0 saturated heterocycles. The molecule has 0 saturated carbocycles. The lowest BCUT2D eigenvalue weighted by Crippen LogP contribution is -2.35. The van der Waals surface area contributed by atoms with Gasteiger partial charge in [-0.25, -0.2) is 8.42 Å². The van der Waals surface area contributed by atoms with Gasteiger partial charge in [-0.3, -0.25) is 10.2 Å². The summed E-state index contributed by atoms with van der Waals surface area (Å²) in [6, 6.07) is 16.4. The fraction of sp³-hybridized carbons (Fsp3) is 0.182. The van der Waals surface area contributed by atoms with Crippen molar-refractivity contribution < 1.29 is 22.7 Å². The van der Waals surface area contributed by atoms with Crippen molar-refractivity contribution in [3.8, 4) is 11.5 Å². The van der Waals surface area contributed by atoms with Gasteiger partial charge in [-0.05, 0) is 47.7 Å². The molecular formula is C22H20N4O5S2. The van der Waals surface area contributed by atoms with Gasteiger partial charge in [0.05, 0.1) is 11.3 Å². The van der Waals surface area contributed by atoms with Crippen LogP contribution in [0.3, 0.4) is 0 Å². The Hall–Kier alpha value is -3.44. The number of nitrogens with zero attached hydrogens (tertiary/aromatic N) is 3. The first-order chi connectivity index (χ1) is 15.9. The molecule has 0 fully saturated rings. The molecule has 0 unspecified atom stereocenters. The topological polar surface area (TPSA) is 121 Å². The van der Waals surface area contributed by atoms with Crippen molar-refractivity contribution in [2.75, 3.05) is 19.0 Å². The van der Waals surface area contributed by atoms with Crippen LogP contribution in [0.4, 0.5) is 0 Å². The monoisotopic (exact) mass is 484 g/mol. The summed E-state index contributed by atoms with van der Waals surface area (Å²) in [5, 5.41) is 13.5. The van der Waals surface area contributed by atoms with Gasteiger partial charge in [-0.2, -0.15) is 10.0 Å². The van der Waals surface area contributed by atoms with Crippen LogP contribution >= 0.6 is 11.8 Å². The molecule has 2 aliphatic heterocycles. The number of amidine groups is 2. The summed E-state index contributed by atoms with van der Waals surface area (Å²) in [6.45, 7) is 2.26. The van der Waals surface area contributed by atoms with Crippen LogP contribution in [0.1, 0.15) is 12.5 Å². The Morgan fingerprint density at radius 3 is 2.30 bits per heavy atom. The number of para-hydroxylation sites is 1. The average Bonchev–Trinajstić information content (AvgIpc) is 3.26. The molecule has 0 aliphatic carbocycles. The smallest absolute Gasteiger partial charge is 0.283 e. The molecule has 0 bridgehead atoms. The Bertz CT molecular complexity index is 1270. The van der Waals surface area contributed by atoms with Crippen LogP contribution in [0, 0.1) is 5.41 Å². The summed E-state index contributed by atoms with van der Waals surface area (Å²) in [5.74, 6) is 0.430. The number of rotatable bonds is 7. The summed E-state index contributed by atoms with van der Waals surface area (Å²) in [7, 11) is -3.56. The fourth-order valence-corrected chi connectivity index (χ4v) is 5.05. The van der Waals surface area contributed by atoms with Crippen LogP contribution in [-0.4, -0.2) is 53.7 Å². The van der Waals surface area contributed by atoms with Crippen molar-refractivity contribution in [3.05, 3.63) is 65.7 Å². The maximum Gasteiger partial charge on any atom is 0.283 e. The zero-order valence-corrected chi connectivity index (χ0v) is 19.2. The molecule has 2 aromatic rings.